The summed E-state index contributed by atoms with van der Waals surface area (Å²) in [6, 6.07) is 12.4. The highest BCUT2D eigenvalue weighted by Crippen LogP contribution is 2.44. The first-order chi connectivity index (χ1) is 18.3. The molecule has 10 heteroatoms. The number of anilines is 1. The number of ketones is 1. The monoisotopic (exact) mass is 554 g/mol. The molecule has 2 heterocycles. The van der Waals surface area contributed by atoms with Crippen LogP contribution in [-0.2, 0) is 14.3 Å². The molecule has 2 aromatic carbocycles. The highest BCUT2D eigenvalue weighted by molar-refractivity contribution is 7.17. The van der Waals surface area contributed by atoms with Gasteiger partial charge in [-0.1, -0.05) is 60.5 Å². The van der Waals surface area contributed by atoms with Crippen molar-refractivity contribution < 1.29 is 29.0 Å². The Morgan fingerprint density at radius 1 is 1.16 bits per heavy atom. The van der Waals surface area contributed by atoms with Crippen molar-refractivity contribution in [2.24, 2.45) is 0 Å². The number of carbonyl (C=O) groups is 3. The van der Waals surface area contributed by atoms with E-state index in [0.717, 1.165) is 24.2 Å². The zero-order valence-electron chi connectivity index (χ0n) is 21.2. The van der Waals surface area contributed by atoms with Gasteiger partial charge in [0, 0.05) is 10.6 Å². The number of halogens is 1. The number of aromatic nitrogens is 1. The molecule has 1 unspecified atom stereocenters. The number of hydrogen-bond donors (Lipinski definition) is 1. The lowest BCUT2D eigenvalue weighted by molar-refractivity contribution is -0.132. The lowest BCUT2D eigenvalue weighted by Gasteiger charge is -2.23. The number of hydrogen-bond acceptors (Lipinski definition) is 8. The number of carbonyl (C=O) groups excluding carboxylic acids is 3. The molecule has 4 rings (SSSR count). The van der Waals surface area contributed by atoms with Gasteiger partial charge in [-0.05, 0) is 50.1 Å². The first kappa shape index (κ1) is 27.3. The summed E-state index contributed by atoms with van der Waals surface area (Å²) in [5, 5.41) is 12.0. The number of aliphatic hydroxyl groups excluding tert-OH is 1. The normalized spacial score (nSPS) is 16.6. The number of thiazole rings is 1. The Bertz CT molecular complexity index is 1400. The molecule has 8 nitrogen and oxygen atoms in total. The minimum absolute atomic E-state index is 0.103. The quantitative estimate of drug-likeness (QED) is 0.112. The molecule has 1 aromatic heterocycles. The SMILES string of the molecule is CCCCOc1cccc(/C(O)=C2\C(=O)C(=O)N(c3nc(C)c(C(=O)OCC)s3)C2c2ccc(Cl)cc2)c1. The maximum absolute atomic E-state index is 13.4. The molecule has 0 radical (unpaired) electrons. The third-order valence-electron chi connectivity index (χ3n) is 5.96. The third-order valence-corrected chi connectivity index (χ3v) is 7.35. The topological polar surface area (TPSA) is 106 Å². The summed E-state index contributed by atoms with van der Waals surface area (Å²) in [6.07, 6.45) is 1.84. The molecule has 1 saturated heterocycles. The summed E-state index contributed by atoms with van der Waals surface area (Å²) >= 11 is 7.05. The summed E-state index contributed by atoms with van der Waals surface area (Å²) in [5.74, 6) is -2.11. The number of unbranched alkanes of at least 4 members (excludes halogenated alkanes) is 1. The molecule has 38 heavy (non-hydrogen) atoms. The minimum atomic E-state index is -1.00. The van der Waals surface area contributed by atoms with E-state index in [2.05, 4.69) is 11.9 Å². The molecule has 198 valence electrons. The van der Waals surface area contributed by atoms with Gasteiger partial charge in [-0.25, -0.2) is 9.78 Å². The fraction of sp³-hybridized carbons (Fsp3) is 0.286. The van der Waals surface area contributed by atoms with E-state index in [9.17, 15) is 19.5 Å². The standard InChI is InChI=1S/C28H27ClN2O6S/c1-4-6-14-37-20-9-7-8-18(15-20)23(32)21-22(17-10-12-19(29)13-11-17)31(26(34)24(21)33)28-30-16(3)25(38-28)27(35)36-5-2/h7-13,15,22,32H,4-6,14H2,1-3H3/b23-21+. The van der Waals surface area contributed by atoms with Crippen LogP contribution in [0.25, 0.3) is 5.76 Å². The molecule has 3 aromatic rings. The Morgan fingerprint density at radius 2 is 1.89 bits per heavy atom. The largest absolute Gasteiger partial charge is 0.507 e. The molecule has 0 saturated carbocycles. The summed E-state index contributed by atoms with van der Waals surface area (Å²) < 4.78 is 10.9. The first-order valence-corrected chi connectivity index (χ1v) is 13.4. The van der Waals surface area contributed by atoms with Crippen molar-refractivity contribution in [2.45, 2.75) is 39.7 Å². The van der Waals surface area contributed by atoms with E-state index in [-0.39, 0.29) is 27.9 Å². The van der Waals surface area contributed by atoms with Crippen LogP contribution in [0.4, 0.5) is 5.13 Å². The minimum Gasteiger partial charge on any atom is -0.507 e. The smallest absolute Gasteiger partial charge is 0.350 e. The van der Waals surface area contributed by atoms with Gasteiger partial charge < -0.3 is 14.6 Å². The number of nitrogens with zero attached hydrogens (tertiary/aromatic N) is 2. The van der Waals surface area contributed by atoms with E-state index >= 15 is 0 Å². The predicted molar refractivity (Wildman–Crippen MR) is 146 cm³/mol. The van der Waals surface area contributed by atoms with Gasteiger partial charge in [-0.2, -0.15) is 0 Å². The van der Waals surface area contributed by atoms with Gasteiger partial charge in [-0.15, -0.1) is 0 Å². The lowest BCUT2D eigenvalue weighted by atomic mass is 9.95. The Kier molecular flexibility index (Phi) is 8.48. The van der Waals surface area contributed by atoms with Crippen LogP contribution in [0.1, 0.15) is 59.2 Å². The van der Waals surface area contributed by atoms with Gasteiger partial charge in [-0.3, -0.25) is 14.5 Å². The zero-order valence-corrected chi connectivity index (χ0v) is 22.8. The second kappa shape index (κ2) is 11.8. The number of benzene rings is 2. The Balaban J connectivity index is 1.84. The van der Waals surface area contributed by atoms with Crippen LogP contribution in [0.15, 0.2) is 54.1 Å². The van der Waals surface area contributed by atoms with Gasteiger partial charge in [0.1, 0.15) is 16.4 Å². The van der Waals surface area contributed by atoms with Crippen molar-refractivity contribution in [2.75, 3.05) is 18.1 Å². The molecular formula is C28H27ClN2O6S. The number of aliphatic hydroxyl groups is 1. The van der Waals surface area contributed by atoms with E-state index in [0.29, 0.717) is 34.2 Å². The molecule has 1 amide bonds. The Hall–Kier alpha value is -3.69. The zero-order chi connectivity index (χ0) is 27.4. The van der Waals surface area contributed by atoms with Gasteiger partial charge >= 0.3 is 11.9 Å². The predicted octanol–water partition coefficient (Wildman–Crippen LogP) is 6.09. The van der Waals surface area contributed by atoms with Crippen molar-refractivity contribution in [3.63, 3.8) is 0 Å². The fourth-order valence-electron chi connectivity index (χ4n) is 4.08. The lowest BCUT2D eigenvalue weighted by Crippen LogP contribution is -2.29. The van der Waals surface area contributed by atoms with E-state index in [4.69, 9.17) is 21.1 Å². The molecule has 0 spiro atoms. The molecule has 1 N–H and O–H groups in total. The van der Waals surface area contributed by atoms with Gasteiger partial charge in [0.15, 0.2) is 5.13 Å². The summed E-state index contributed by atoms with van der Waals surface area (Å²) in [4.78, 5) is 45.1. The van der Waals surface area contributed by atoms with Crippen LogP contribution in [0.3, 0.4) is 0 Å². The van der Waals surface area contributed by atoms with Crippen LogP contribution in [0.2, 0.25) is 5.02 Å². The highest BCUT2D eigenvalue weighted by atomic mass is 35.5. The number of aryl methyl sites for hydroxylation is 1. The molecule has 0 aliphatic carbocycles. The first-order valence-electron chi connectivity index (χ1n) is 12.2. The molecule has 1 atom stereocenters. The molecule has 0 bridgehead atoms. The Morgan fingerprint density at radius 3 is 2.58 bits per heavy atom. The van der Waals surface area contributed by atoms with Crippen molar-refractivity contribution in [3.8, 4) is 5.75 Å². The summed E-state index contributed by atoms with van der Waals surface area (Å²) in [6.45, 7) is 6.08. The molecular weight excluding hydrogens is 528 g/mol. The number of esters is 1. The Labute approximate surface area is 229 Å². The summed E-state index contributed by atoms with van der Waals surface area (Å²) in [7, 11) is 0. The average Bonchev–Trinajstić information content (AvgIpc) is 3.41. The molecule has 1 fully saturated rings. The number of rotatable bonds is 9. The van der Waals surface area contributed by atoms with E-state index in [1.165, 1.54) is 4.90 Å². The second-order valence-electron chi connectivity index (χ2n) is 8.58. The van der Waals surface area contributed by atoms with Crippen LogP contribution in [0, 0.1) is 6.92 Å². The van der Waals surface area contributed by atoms with Crippen molar-refractivity contribution in [3.05, 3.63) is 80.8 Å². The van der Waals surface area contributed by atoms with Crippen LogP contribution in [-0.4, -0.2) is 41.0 Å². The maximum Gasteiger partial charge on any atom is 0.350 e. The highest BCUT2D eigenvalue weighted by Gasteiger charge is 2.48. The molecule has 1 aliphatic heterocycles. The van der Waals surface area contributed by atoms with E-state index in [1.54, 1.807) is 62.4 Å². The third kappa shape index (κ3) is 5.44. The van der Waals surface area contributed by atoms with Crippen molar-refractivity contribution >= 4 is 51.5 Å². The fourth-order valence-corrected chi connectivity index (χ4v) is 5.20. The van der Waals surface area contributed by atoms with Crippen LogP contribution in [0.5, 0.6) is 5.75 Å². The van der Waals surface area contributed by atoms with Gasteiger partial charge in [0.25, 0.3) is 5.78 Å². The molecule has 1 aliphatic rings. The number of ether oxygens (including phenoxy) is 2. The second-order valence-corrected chi connectivity index (χ2v) is 10.00. The van der Waals surface area contributed by atoms with E-state index < -0.39 is 23.7 Å². The maximum atomic E-state index is 13.4. The number of amides is 1. The van der Waals surface area contributed by atoms with E-state index in [1.807, 2.05) is 0 Å². The van der Waals surface area contributed by atoms with Crippen molar-refractivity contribution in [1.82, 2.24) is 4.98 Å². The van der Waals surface area contributed by atoms with Crippen LogP contribution < -0.4 is 9.64 Å². The number of Topliss-reactive ketones (excluding diaryl/α,β-unsaturated/α-hetero) is 1. The van der Waals surface area contributed by atoms with Gasteiger partial charge in [0.05, 0.1) is 30.5 Å². The van der Waals surface area contributed by atoms with Crippen molar-refractivity contribution in [1.29, 1.82) is 0 Å². The summed E-state index contributed by atoms with van der Waals surface area (Å²) in [5.41, 5.74) is 1.14. The average molecular weight is 555 g/mol. The van der Waals surface area contributed by atoms with Gasteiger partial charge in [0.2, 0.25) is 0 Å². The van der Waals surface area contributed by atoms with Crippen LogP contribution >= 0.6 is 22.9 Å².